The van der Waals surface area contributed by atoms with Crippen molar-refractivity contribution in [3.8, 4) is 5.75 Å². The lowest BCUT2D eigenvalue weighted by atomic mass is 10.0. The first-order valence-electron chi connectivity index (χ1n) is 4.73. The molecule has 1 aromatic carbocycles. The van der Waals surface area contributed by atoms with Gasteiger partial charge in [0.15, 0.2) is 0 Å². The molecule has 1 aromatic rings. The molecule has 0 radical (unpaired) electrons. The van der Waals surface area contributed by atoms with Crippen molar-refractivity contribution < 1.29 is 9.13 Å². The molecular formula is C11H12ClFO. The molecule has 0 bridgehead atoms. The van der Waals surface area contributed by atoms with E-state index in [2.05, 4.69) is 0 Å². The molecule has 76 valence electrons. The van der Waals surface area contributed by atoms with E-state index in [1.807, 2.05) is 13.0 Å². The van der Waals surface area contributed by atoms with Gasteiger partial charge in [0.05, 0.1) is 6.10 Å². The Morgan fingerprint density at radius 2 is 2.29 bits per heavy atom. The molecule has 0 aliphatic carbocycles. The second kappa shape index (κ2) is 3.43. The number of hydrogen-bond donors (Lipinski definition) is 0. The van der Waals surface area contributed by atoms with Gasteiger partial charge in [-0.2, -0.15) is 0 Å². The molecule has 1 atom stereocenters. The van der Waals surface area contributed by atoms with Crippen LogP contribution in [0, 0.1) is 12.7 Å². The van der Waals surface area contributed by atoms with Crippen LogP contribution < -0.4 is 4.74 Å². The smallest absolute Gasteiger partial charge is 0.148 e. The number of rotatable bonds is 0. The van der Waals surface area contributed by atoms with Crippen LogP contribution >= 0.6 is 11.6 Å². The zero-order valence-corrected chi connectivity index (χ0v) is 8.99. The summed E-state index contributed by atoms with van der Waals surface area (Å²) >= 11 is 5.88. The van der Waals surface area contributed by atoms with E-state index in [9.17, 15) is 4.39 Å². The zero-order valence-electron chi connectivity index (χ0n) is 8.23. The van der Waals surface area contributed by atoms with E-state index >= 15 is 0 Å². The number of ether oxygens (including phenoxy) is 1. The third-order valence-electron chi connectivity index (χ3n) is 2.56. The van der Waals surface area contributed by atoms with Crippen LogP contribution in [0.2, 0.25) is 5.02 Å². The van der Waals surface area contributed by atoms with Gasteiger partial charge in [-0.25, -0.2) is 4.39 Å². The molecule has 1 nitrogen and oxygen atoms in total. The van der Waals surface area contributed by atoms with Gasteiger partial charge in [0.1, 0.15) is 16.6 Å². The lowest BCUT2D eigenvalue weighted by Crippen LogP contribution is -2.19. The van der Waals surface area contributed by atoms with Crippen LogP contribution in [0.4, 0.5) is 4.39 Å². The highest BCUT2D eigenvalue weighted by atomic mass is 35.5. The van der Waals surface area contributed by atoms with Crippen LogP contribution in [0.1, 0.15) is 24.5 Å². The minimum Gasteiger partial charge on any atom is -0.489 e. The Morgan fingerprint density at radius 1 is 1.57 bits per heavy atom. The summed E-state index contributed by atoms with van der Waals surface area (Å²) in [6.07, 6.45) is 2.01. The standard InChI is InChI=1S/C11H12ClFO/c1-6-5-8-4-3-7(2)14-11(8)9(12)10(6)13/h5,7H,3-4H2,1-2H3. The molecule has 1 unspecified atom stereocenters. The molecule has 0 saturated carbocycles. The minimum atomic E-state index is -0.362. The fourth-order valence-corrected chi connectivity index (χ4v) is 2.05. The Balaban J connectivity index is 2.55. The molecule has 2 rings (SSSR count). The summed E-state index contributed by atoms with van der Waals surface area (Å²) in [5.74, 6) is 0.174. The maximum atomic E-state index is 13.4. The summed E-state index contributed by atoms with van der Waals surface area (Å²) in [7, 11) is 0. The summed E-state index contributed by atoms with van der Waals surface area (Å²) in [5, 5.41) is 0.131. The van der Waals surface area contributed by atoms with Crippen LogP contribution in [0.3, 0.4) is 0 Å². The predicted octanol–water partition coefficient (Wildman–Crippen LogP) is 3.50. The zero-order chi connectivity index (χ0) is 10.3. The van der Waals surface area contributed by atoms with Crippen molar-refractivity contribution in [3.63, 3.8) is 0 Å². The number of hydrogen-bond acceptors (Lipinski definition) is 1. The van der Waals surface area contributed by atoms with E-state index in [0.29, 0.717) is 11.3 Å². The van der Waals surface area contributed by atoms with Gasteiger partial charge in [0, 0.05) is 0 Å². The highest BCUT2D eigenvalue weighted by molar-refractivity contribution is 6.32. The molecule has 1 heterocycles. The Hall–Kier alpha value is -0.760. The lowest BCUT2D eigenvalue weighted by Gasteiger charge is -2.24. The summed E-state index contributed by atoms with van der Waals surface area (Å²) in [4.78, 5) is 0. The van der Waals surface area contributed by atoms with Crippen molar-refractivity contribution in [2.45, 2.75) is 32.8 Å². The third-order valence-corrected chi connectivity index (χ3v) is 2.90. The first-order valence-corrected chi connectivity index (χ1v) is 5.11. The van der Waals surface area contributed by atoms with E-state index in [0.717, 1.165) is 18.4 Å². The monoisotopic (exact) mass is 214 g/mol. The van der Waals surface area contributed by atoms with Gasteiger partial charge in [-0.05, 0) is 43.9 Å². The maximum absolute atomic E-state index is 13.4. The summed E-state index contributed by atoms with van der Waals surface area (Å²) in [5.41, 5.74) is 1.61. The third kappa shape index (κ3) is 1.48. The van der Waals surface area contributed by atoms with E-state index in [1.54, 1.807) is 6.92 Å². The molecule has 0 N–H and O–H groups in total. The minimum absolute atomic E-state index is 0.127. The number of benzene rings is 1. The van der Waals surface area contributed by atoms with Crippen molar-refractivity contribution >= 4 is 11.6 Å². The van der Waals surface area contributed by atoms with Crippen molar-refractivity contribution in [3.05, 3.63) is 28.0 Å². The molecule has 0 spiro atoms. The number of aryl methyl sites for hydroxylation is 2. The molecular weight excluding hydrogens is 203 g/mol. The van der Waals surface area contributed by atoms with E-state index in [1.165, 1.54) is 0 Å². The van der Waals surface area contributed by atoms with Gasteiger partial charge in [-0.1, -0.05) is 11.6 Å². The average Bonchev–Trinajstić information content (AvgIpc) is 2.16. The van der Waals surface area contributed by atoms with Gasteiger partial charge in [-0.3, -0.25) is 0 Å². The lowest BCUT2D eigenvalue weighted by molar-refractivity contribution is 0.191. The highest BCUT2D eigenvalue weighted by Crippen LogP contribution is 2.37. The second-order valence-electron chi connectivity index (χ2n) is 3.78. The van der Waals surface area contributed by atoms with Gasteiger partial charge in [0.2, 0.25) is 0 Å². The van der Waals surface area contributed by atoms with Gasteiger partial charge in [-0.15, -0.1) is 0 Å². The van der Waals surface area contributed by atoms with Crippen molar-refractivity contribution in [1.82, 2.24) is 0 Å². The van der Waals surface area contributed by atoms with E-state index in [4.69, 9.17) is 16.3 Å². The van der Waals surface area contributed by atoms with Crippen molar-refractivity contribution in [1.29, 1.82) is 0 Å². The van der Waals surface area contributed by atoms with Gasteiger partial charge in [0.25, 0.3) is 0 Å². The SMILES string of the molecule is Cc1cc2c(c(Cl)c1F)OC(C)CC2. The van der Waals surface area contributed by atoms with Crippen molar-refractivity contribution in [2.75, 3.05) is 0 Å². The topological polar surface area (TPSA) is 9.23 Å². The van der Waals surface area contributed by atoms with Crippen LogP contribution in [-0.4, -0.2) is 6.10 Å². The van der Waals surface area contributed by atoms with Crippen LogP contribution in [-0.2, 0) is 6.42 Å². The normalized spacial score (nSPS) is 20.1. The Bertz CT molecular complexity index is 376. The van der Waals surface area contributed by atoms with Crippen molar-refractivity contribution in [2.24, 2.45) is 0 Å². The molecule has 0 amide bonds. The number of fused-ring (bicyclic) bond motifs is 1. The predicted molar refractivity (Wildman–Crippen MR) is 54.6 cm³/mol. The molecule has 14 heavy (non-hydrogen) atoms. The first kappa shape index (κ1) is 9.78. The van der Waals surface area contributed by atoms with Gasteiger partial charge < -0.3 is 4.74 Å². The quantitative estimate of drug-likeness (QED) is 0.642. The second-order valence-corrected chi connectivity index (χ2v) is 4.15. The molecule has 3 heteroatoms. The molecule has 1 aliphatic rings. The molecule has 0 saturated heterocycles. The summed E-state index contributed by atoms with van der Waals surface area (Å²) in [6, 6.07) is 1.82. The van der Waals surface area contributed by atoms with Gasteiger partial charge >= 0.3 is 0 Å². The molecule has 0 aromatic heterocycles. The largest absolute Gasteiger partial charge is 0.489 e. The van der Waals surface area contributed by atoms with E-state index < -0.39 is 0 Å². The summed E-state index contributed by atoms with van der Waals surface area (Å²) in [6.45, 7) is 3.69. The molecule has 1 aliphatic heterocycles. The maximum Gasteiger partial charge on any atom is 0.148 e. The van der Waals surface area contributed by atoms with E-state index in [-0.39, 0.29) is 16.9 Å². The average molecular weight is 215 g/mol. The fraction of sp³-hybridized carbons (Fsp3) is 0.455. The Morgan fingerprint density at radius 3 is 3.00 bits per heavy atom. The first-order chi connectivity index (χ1) is 6.59. The highest BCUT2D eigenvalue weighted by Gasteiger charge is 2.22. The Labute approximate surface area is 87.8 Å². The van der Waals surface area contributed by atoms with Crippen LogP contribution in [0.25, 0.3) is 0 Å². The fourth-order valence-electron chi connectivity index (χ4n) is 1.74. The Kier molecular flexibility index (Phi) is 2.40. The summed E-state index contributed by atoms with van der Waals surface area (Å²) < 4.78 is 19.0. The number of halogens is 2. The molecule has 0 fully saturated rings. The van der Waals surface area contributed by atoms with Crippen LogP contribution in [0.15, 0.2) is 6.07 Å². The van der Waals surface area contributed by atoms with Crippen LogP contribution in [0.5, 0.6) is 5.75 Å².